The Balaban J connectivity index is 1.86. The molecule has 0 amide bonds. The van der Waals surface area contributed by atoms with Crippen LogP contribution in [-0.2, 0) is 12.8 Å². The summed E-state index contributed by atoms with van der Waals surface area (Å²) in [6, 6.07) is 10.2. The molecule has 0 N–H and O–H groups in total. The SMILES string of the molecule is CN1CCc2c(n(/C=C/c3cccnc3)c3ccc(Cl)cc23)CC1. The van der Waals surface area contributed by atoms with Gasteiger partial charge in [0.15, 0.2) is 0 Å². The van der Waals surface area contributed by atoms with Crippen LogP contribution < -0.4 is 0 Å². The zero-order valence-corrected chi connectivity index (χ0v) is 14.5. The smallest absolute Gasteiger partial charge is 0.0529 e. The third-order valence-corrected chi connectivity index (χ3v) is 4.99. The summed E-state index contributed by atoms with van der Waals surface area (Å²) >= 11 is 6.27. The van der Waals surface area contributed by atoms with Gasteiger partial charge in [-0.25, -0.2) is 0 Å². The molecule has 0 unspecified atom stereocenters. The van der Waals surface area contributed by atoms with Gasteiger partial charge in [0.2, 0.25) is 0 Å². The molecular formula is C20H20ClN3. The molecule has 0 aliphatic carbocycles. The molecule has 24 heavy (non-hydrogen) atoms. The Labute approximate surface area is 147 Å². The summed E-state index contributed by atoms with van der Waals surface area (Å²) in [7, 11) is 2.19. The fourth-order valence-corrected chi connectivity index (χ4v) is 3.65. The highest BCUT2D eigenvalue weighted by atomic mass is 35.5. The van der Waals surface area contributed by atoms with Gasteiger partial charge in [0.1, 0.15) is 0 Å². The zero-order valence-electron chi connectivity index (χ0n) is 13.7. The Kier molecular flexibility index (Phi) is 4.13. The maximum absolute atomic E-state index is 6.27. The maximum Gasteiger partial charge on any atom is 0.0529 e. The monoisotopic (exact) mass is 337 g/mol. The first-order chi connectivity index (χ1) is 11.7. The van der Waals surface area contributed by atoms with Crippen LogP contribution >= 0.6 is 11.6 Å². The van der Waals surface area contributed by atoms with E-state index < -0.39 is 0 Å². The fraction of sp³-hybridized carbons (Fsp3) is 0.250. The number of hydrogen-bond acceptors (Lipinski definition) is 2. The lowest BCUT2D eigenvalue weighted by atomic mass is 10.1. The van der Waals surface area contributed by atoms with E-state index in [-0.39, 0.29) is 0 Å². The maximum atomic E-state index is 6.27. The molecule has 3 aromatic rings. The number of hydrogen-bond donors (Lipinski definition) is 0. The minimum absolute atomic E-state index is 0.802. The van der Waals surface area contributed by atoms with Crippen LogP contribution in [0.4, 0.5) is 0 Å². The van der Waals surface area contributed by atoms with Crippen LogP contribution in [0.2, 0.25) is 5.02 Å². The van der Waals surface area contributed by atoms with Crippen LogP contribution in [0.25, 0.3) is 23.2 Å². The normalized spacial score (nSPS) is 15.8. The van der Waals surface area contributed by atoms with E-state index in [1.165, 1.54) is 22.2 Å². The number of benzene rings is 1. The average Bonchev–Trinajstić information content (AvgIpc) is 2.74. The number of fused-ring (bicyclic) bond motifs is 3. The summed E-state index contributed by atoms with van der Waals surface area (Å²) in [5, 5.41) is 2.08. The molecular weight excluding hydrogens is 318 g/mol. The molecule has 1 aromatic carbocycles. The third-order valence-electron chi connectivity index (χ3n) is 4.76. The Hall–Kier alpha value is -2.10. The van der Waals surface area contributed by atoms with Crippen molar-refractivity contribution in [3.8, 4) is 0 Å². The molecule has 0 saturated heterocycles. The highest BCUT2D eigenvalue weighted by Crippen LogP contribution is 2.31. The van der Waals surface area contributed by atoms with Gasteiger partial charge in [0.05, 0.1) is 5.52 Å². The lowest BCUT2D eigenvalue weighted by molar-refractivity contribution is 0.351. The van der Waals surface area contributed by atoms with Crippen molar-refractivity contribution in [3.05, 3.63) is 64.6 Å². The van der Waals surface area contributed by atoms with Crippen molar-refractivity contribution >= 4 is 34.8 Å². The summed E-state index contributed by atoms with van der Waals surface area (Å²) in [4.78, 5) is 6.58. The van der Waals surface area contributed by atoms with Crippen LogP contribution in [0.15, 0.2) is 42.7 Å². The van der Waals surface area contributed by atoms with Crippen LogP contribution in [0.5, 0.6) is 0 Å². The van der Waals surface area contributed by atoms with Crippen LogP contribution in [-0.4, -0.2) is 34.6 Å². The van der Waals surface area contributed by atoms with E-state index in [0.717, 1.165) is 36.5 Å². The van der Waals surface area contributed by atoms with Gasteiger partial charge in [-0.2, -0.15) is 0 Å². The number of aromatic nitrogens is 2. The highest BCUT2D eigenvalue weighted by Gasteiger charge is 2.19. The second-order valence-corrected chi connectivity index (χ2v) is 6.80. The number of halogens is 1. The summed E-state index contributed by atoms with van der Waals surface area (Å²) < 4.78 is 2.33. The second kappa shape index (κ2) is 6.42. The van der Waals surface area contributed by atoms with E-state index in [9.17, 15) is 0 Å². The van der Waals surface area contributed by atoms with Crippen LogP contribution in [0, 0.1) is 0 Å². The van der Waals surface area contributed by atoms with Crippen molar-refractivity contribution in [1.29, 1.82) is 0 Å². The topological polar surface area (TPSA) is 21.1 Å². The Bertz CT molecular complexity index is 896. The molecule has 0 radical (unpaired) electrons. The molecule has 2 aromatic heterocycles. The molecule has 1 aliphatic rings. The molecule has 0 fully saturated rings. The third kappa shape index (κ3) is 2.85. The first kappa shape index (κ1) is 15.4. The molecule has 0 spiro atoms. The van der Waals surface area contributed by atoms with Gasteiger partial charge in [0, 0.05) is 54.2 Å². The van der Waals surface area contributed by atoms with Crippen molar-refractivity contribution in [1.82, 2.24) is 14.5 Å². The molecule has 3 heterocycles. The summed E-state index contributed by atoms with van der Waals surface area (Å²) in [5.41, 5.74) is 5.17. The lowest BCUT2D eigenvalue weighted by Crippen LogP contribution is -2.21. The Morgan fingerprint density at radius 1 is 1.17 bits per heavy atom. The summed E-state index contributed by atoms with van der Waals surface area (Å²) in [5.74, 6) is 0. The number of rotatable bonds is 2. The van der Waals surface area contributed by atoms with Gasteiger partial charge in [-0.05, 0) is 54.9 Å². The second-order valence-electron chi connectivity index (χ2n) is 6.36. The molecule has 0 atom stereocenters. The Morgan fingerprint density at radius 3 is 2.88 bits per heavy atom. The van der Waals surface area contributed by atoms with Gasteiger partial charge < -0.3 is 9.47 Å². The fourth-order valence-electron chi connectivity index (χ4n) is 3.47. The molecule has 1 aliphatic heterocycles. The first-order valence-electron chi connectivity index (χ1n) is 8.30. The van der Waals surface area contributed by atoms with E-state index >= 15 is 0 Å². The van der Waals surface area contributed by atoms with Crippen molar-refractivity contribution in [2.24, 2.45) is 0 Å². The van der Waals surface area contributed by atoms with E-state index in [0.29, 0.717) is 0 Å². The minimum Gasteiger partial charge on any atom is -0.320 e. The van der Waals surface area contributed by atoms with E-state index in [1.54, 1.807) is 6.20 Å². The molecule has 0 bridgehead atoms. The summed E-state index contributed by atoms with van der Waals surface area (Å²) in [6.45, 7) is 2.17. The lowest BCUT2D eigenvalue weighted by Gasteiger charge is -2.12. The van der Waals surface area contributed by atoms with Gasteiger partial charge in [-0.15, -0.1) is 0 Å². The van der Waals surface area contributed by atoms with E-state index in [4.69, 9.17) is 11.6 Å². The number of pyridine rings is 1. The van der Waals surface area contributed by atoms with E-state index in [2.05, 4.69) is 52.0 Å². The van der Waals surface area contributed by atoms with E-state index in [1.807, 2.05) is 18.3 Å². The number of nitrogens with zero attached hydrogens (tertiary/aromatic N) is 3. The zero-order chi connectivity index (χ0) is 16.5. The molecule has 122 valence electrons. The minimum atomic E-state index is 0.802. The Morgan fingerprint density at radius 2 is 2.04 bits per heavy atom. The number of likely N-dealkylation sites (N-methyl/N-ethyl adjacent to an activating group) is 1. The van der Waals surface area contributed by atoms with Crippen LogP contribution in [0.1, 0.15) is 16.8 Å². The largest absolute Gasteiger partial charge is 0.320 e. The summed E-state index contributed by atoms with van der Waals surface area (Å²) in [6.07, 6.45) is 10.1. The van der Waals surface area contributed by atoms with Gasteiger partial charge in [-0.3, -0.25) is 4.98 Å². The van der Waals surface area contributed by atoms with Crippen LogP contribution in [0.3, 0.4) is 0 Å². The quantitative estimate of drug-likeness (QED) is 0.693. The highest BCUT2D eigenvalue weighted by molar-refractivity contribution is 6.31. The molecule has 4 heteroatoms. The molecule has 4 rings (SSSR count). The predicted octanol–water partition coefficient (Wildman–Crippen LogP) is 4.35. The van der Waals surface area contributed by atoms with Crippen molar-refractivity contribution in [2.75, 3.05) is 20.1 Å². The van der Waals surface area contributed by atoms with Gasteiger partial charge in [-0.1, -0.05) is 17.7 Å². The first-order valence-corrected chi connectivity index (χ1v) is 8.68. The standard InChI is InChI=1S/C20H20ClN3/c1-23-10-7-17-18-13-16(21)4-5-19(18)24(20(17)8-11-23)12-6-15-3-2-9-22-14-15/h2-6,9,12-14H,7-8,10-11H2,1H3/b12-6+. The molecule has 3 nitrogen and oxygen atoms in total. The van der Waals surface area contributed by atoms with Crippen molar-refractivity contribution in [2.45, 2.75) is 12.8 Å². The molecule has 0 saturated carbocycles. The van der Waals surface area contributed by atoms with Gasteiger partial charge in [0.25, 0.3) is 0 Å². The average molecular weight is 338 g/mol. The van der Waals surface area contributed by atoms with Crippen molar-refractivity contribution < 1.29 is 0 Å². The van der Waals surface area contributed by atoms with Crippen molar-refractivity contribution in [3.63, 3.8) is 0 Å². The van der Waals surface area contributed by atoms with Gasteiger partial charge >= 0.3 is 0 Å². The predicted molar refractivity (Wildman–Crippen MR) is 101 cm³/mol.